The number of benzene rings is 1. The smallest absolute Gasteiger partial charge is 0.327 e. The van der Waals surface area contributed by atoms with E-state index in [2.05, 4.69) is 9.97 Å². The molecule has 0 bridgehead atoms. The Morgan fingerprint density at radius 3 is 2.12 bits per heavy atom. The molecule has 0 aliphatic carbocycles. The number of rotatable bonds is 2. The van der Waals surface area contributed by atoms with Gasteiger partial charge in [-0.2, -0.15) is 0 Å². The number of hydrogen-bond donors (Lipinski definition) is 2. The Morgan fingerprint density at radius 2 is 1.56 bits per heavy atom. The second-order valence-electron chi connectivity index (χ2n) is 4.17. The first-order valence-corrected chi connectivity index (χ1v) is 8.72. The number of nitrogen functional groups attached to an aromatic ring is 1. The predicted octanol–water partition coefficient (Wildman–Crippen LogP) is 4.71. The van der Waals surface area contributed by atoms with Crippen LogP contribution in [0.4, 0.5) is 5.69 Å². The van der Waals surface area contributed by atoms with Gasteiger partial charge in [-0.3, -0.25) is 9.55 Å². The first kappa shape index (κ1) is 22.2. The summed E-state index contributed by atoms with van der Waals surface area (Å²) in [5.74, 6) is 1.21. The molecule has 0 spiro atoms. The van der Waals surface area contributed by atoms with Crippen LogP contribution in [0.15, 0.2) is 41.3 Å². The van der Waals surface area contributed by atoms with E-state index in [1.165, 1.54) is 4.57 Å². The molecule has 0 amide bonds. The maximum atomic E-state index is 11.6. The van der Waals surface area contributed by atoms with Crippen molar-refractivity contribution in [3.63, 3.8) is 0 Å². The Labute approximate surface area is 149 Å². The fraction of sp³-hybridized carbons (Fsp3) is 0.368. The van der Waals surface area contributed by atoms with Crippen LogP contribution in [0, 0.1) is 0 Å². The SMILES string of the molecule is CC.CC.CC.Cn1c(=O)[nH]c2nccc(Oc3ccc(N)cc3)c21. The molecule has 2 heterocycles. The number of anilines is 1. The van der Waals surface area contributed by atoms with E-state index in [4.69, 9.17) is 10.5 Å². The molecule has 0 atom stereocenters. The molecule has 6 nitrogen and oxygen atoms in total. The number of nitrogens with two attached hydrogens (primary N) is 1. The molecule has 138 valence electrons. The third-order valence-electron chi connectivity index (χ3n) is 2.86. The van der Waals surface area contributed by atoms with Crippen molar-refractivity contribution in [2.45, 2.75) is 41.5 Å². The number of H-pyrrole nitrogens is 1. The molecule has 6 heteroatoms. The highest BCUT2D eigenvalue weighted by Crippen LogP contribution is 2.27. The van der Waals surface area contributed by atoms with Gasteiger partial charge in [0.25, 0.3) is 0 Å². The summed E-state index contributed by atoms with van der Waals surface area (Å²) >= 11 is 0. The van der Waals surface area contributed by atoms with Gasteiger partial charge in [-0.05, 0) is 24.3 Å². The lowest BCUT2D eigenvalue weighted by Crippen LogP contribution is -2.12. The Hall–Kier alpha value is -2.76. The summed E-state index contributed by atoms with van der Waals surface area (Å²) in [6.07, 6.45) is 1.59. The van der Waals surface area contributed by atoms with Crippen molar-refractivity contribution in [1.29, 1.82) is 0 Å². The number of pyridine rings is 1. The van der Waals surface area contributed by atoms with Crippen molar-refractivity contribution >= 4 is 16.9 Å². The number of nitrogens with zero attached hydrogens (tertiary/aromatic N) is 2. The zero-order valence-electron chi connectivity index (χ0n) is 16.3. The molecule has 0 fully saturated rings. The van der Waals surface area contributed by atoms with Crippen molar-refractivity contribution < 1.29 is 4.74 Å². The second-order valence-corrected chi connectivity index (χ2v) is 4.17. The zero-order chi connectivity index (χ0) is 19.4. The first-order valence-electron chi connectivity index (χ1n) is 8.72. The molecule has 0 aliphatic rings. The van der Waals surface area contributed by atoms with E-state index in [1.54, 1.807) is 43.6 Å². The van der Waals surface area contributed by atoms with Crippen molar-refractivity contribution in [2.24, 2.45) is 7.05 Å². The van der Waals surface area contributed by atoms with E-state index < -0.39 is 0 Å². The number of imidazole rings is 1. The largest absolute Gasteiger partial charge is 0.455 e. The lowest BCUT2D eigenvalue weighted by molar-refractivity contribution is 0.485. The predicted molar refractivity (Wildman–Crippen MR) is 106 cm³/mol. The van der Waals surface area contributed by atoms with Gasteiger partial charge in [-0.15, -0.1) is 0 Å². The van der Waals surface area contributed by atoms with Crippen LogP contribution >= 0.6 is 0 Å². The van der Waals surface area contributed by atoms with Crippen LogP contribution in [0.2, 0.25) is 0 Å². The molecule has 3 aromatic rings. The fourth-order valence-electron chi connectivity index (χ4n) is 1.88. The van der Waals surface area contributed by atoms with Crippen LogP contribution in [0.25, 0.3) is 11.2 Å². The van der Waals surface area contributed by atoms with Crippen LogP contribution in [0.3, 0.4) is 0 Å². The molecule has 0 aliphatic heterocycles. The van der Waals surface area contributed by atoms with E-state index >= 15 is 0 Å². The maximum absolute atomic E-state index is 11.6. The van der Waals surface area contributed by atoms with Crippen LogP contribution in [-0.2, 0) is 7.05 Å². The lowest BCUT2D eigenvalue weighted by atomic mass is 10.3. The van der Waals surface area contributed by atoms with Gasteiger partial charge < -0.3 is 10.5 Å². The minimum atomic E-state index is -0.226. The van der Waals surface area contributed by atoms with Gasteiger partial charge >= 0.3 is 5.69 Å². The zero-order valence-corrected chi connectivity index (χ0v) is 16.3. The van der Waals surface area contributed by atoms with Crippen LogP contribution in [-0.4, -0.2) is 14.5 Å². The molecule has 0 saturated heterocycles. The molecule has 0 unspecified atom stereocenters. The summed E-state index contributed by atoms with van der Waals surface area (Å²) in [6.45, 7) is 12.0. The minimum Gasteiger partial charge on any atom is -0.455 e. The van der Waals surface area contributed by atoms with Gasteiger partial charge in [0.2, 0.25) is 0 Å². The fourth-order valence-corrected chi connectivity index (χ4v) is 1.88. The monoisotopic (exact) mass is 346 g/mol. The quantitative estimate of drug-likeness (QED) is 0.658. The number of fused-ring (bicyclic) bond motifs is 1. The highest BCUT2D eigenvalue weighted by atomic mass is 16.5. The molecule has 2 aromatic heterocycles. The highest BCUT2D eigenvalue weighted by molar-refractivity contribution is 5.78. The highest BCUT2D eigenvalue weighted by Gasteiger charge is 2.10. The summed E-state index contributed by atoms with van der Waals surface area (Å²) in [5.41, 5.74) is 7.19. The molecule has 3 rings (SSSR count). The van der Waals surface area contributed by atoms with Gasteiger partial charge in [0.05, 0.1) is 0 Å². The maximum Gasteiger partial charge on any atom is 0.327 e. The number of aryl methyl sites for hydroxylation is 1. The second kappa shape index (κ2) is 11.7. The number of nitrogens with one attached hydrogen (secondary N) is 1. The van der Waals surface area contributed by atoms with Crippen LogP contribution in [0.1, 0.15) is 41.5 Å². The van der Waals surface area contributed by atoms with Gasteiger partial charge in [0, 0.05) is 25.0 Å². The molecule has 1 aromatic carbocycles. The Kier molecular flexibility index (Phi) is 10.4. The Bertz CT molecular complexity index is 789. The normalized spacial score (nSPS) is 8.92. The topological polar surface area (TPSA) is 85.9 Å². The van der Waals surface area contributed by atoms with E-state index in [1.807, 2.05) is 41.5 Å². The number of ether oxygens (including phenoxy) is 1. The summed E-state index contributed by atoms with van der Waals surface area (Å²) in [4.78, 5) is 18.3. The average Bonchev–Trinajstić information content (AvgIpc) is 2.97. The summed E-state index contributed by atoms with van der Waals surface area (Å²) in [5, 5.41) is 0. The average molecular weight is 346 g/mol. The third-order valence-corrected chi connectivity index (χ3v) is 2.86. The Morgan fingerprint density at radius 1 is 1.00 bits per heavy atom. The molecule has 3 N–H and O–H groups in total. The minimum absolute atomic E-state index is 0.226. The van der Waals surface area contributed by atoms with Crippen LogP contribution < -0.4 is 16.2 Å². The summed E-state index contributed by atoms with van der Waals surface area (Å²) in [7, 11) is 1.67. The number of aromatic amines is 1. The van der Waals surface area contributed by atoms with Crippen molar-refractivity contribution in [3.05, 3.63) is 47.0 Å². The van der Waals surface area contributed by atoms with E-state index in [-0.39, 0.29) is 5.69 Å². The van der Waals surface area contributed by atoms with E-state index in [0.717, 1.165) is 0 Å². The summed E-state index contributed by atoms with van der Waals surface area (Å²) in [6, 6.07) is 8.76. The van der Waals surface area contributed by atoms with Crippen molar-refractivity contribution in [1.82, 2.24) is 14.5 Å². The van der Waals surface area contributed by atoms with Crippen LogP contribution in [0.5, 0.6) is 11.5 Å². The molecular weight excluding hydrogens is 316 g/mol. The molecule has 0 radical (unpaired) electrons. The number of aromatic nitrogens is 3. The van der Waals surface area contributed by atoms with Gasteiger partial charge in [-0.25, -0.2) is 9.78 Å². The van der Waals surface area contributed by atoms with Crippen molar-refractivity contribution in [2.75, 3.05) is 5.73 Å². The number of hydrogen-bond acceptors (Lipinski definition) is 4. The Balaban J connectivity index is 0.000000871. The molecular formula is C19H30N4O2. The van der Waals surface area contributed by atoms with E-state index in [9.17, 15) is 4.79 Å². The standard InChI is InChI=1S/C13H12N4O2.3C2H6/c1-17-11-10(6-7-15-12(11)16-13(17)18)19-9-4-2-8(14)3-5-9;3*1-2/h2-7H,14H2,1H3,(H,15,16,18);3*1-2H3. The summed E-state index contributed by atoms with van der Waals surface area (Å²) < 4.78 is 7.23. The van der Waals surface area contributed by atoms with Gasteiger partial charge in [0.15, 0.2) is 11.4 Å². The first-order chi connectivity index (χ1) is 12.1. The lowest BCUT2D eigenvalue weighted by Gasteiger charge is -2.07. The third kappa shape index (κ3) is 5.67. The van der Waals surface area contributed by atoms with E-state index in [0.29, 0.717) is 28.4 Å². The van der Waals surface area contributed by atoms with Gasteiger partial charge in [0.1, 0.15) is 11.3 Å². The molecule has 0 saturated carbocycles. The molecule has 25 heavy (non-hydrogen) atoms. The van der Waals surface area contributed by atoms with Crippen molar-refractivity contribution in [3.8, 4) is 11.5 Å². The van der Waals surface area contributed by atoms with Gasteiger partial charge in [-0.1, -0.05) is 41.5 Å².